The summed E-state index contributed by atoms with van der Waals surface area (Å²) in [5, 5.41) is 0. The lowest BCUT2D eigenvalue weighted by molar-refractivity contribution is 0.103. The molecule has 1 rings (SSSR count). The lowest BCUT2D eigenvalue weighted by Crippen LogP contribution is -2.38. The second-order valence-corrected chi connectivity index (χ2v) is 6.48. The number of nitrogens with two attached hydrogens (primary N) is 1. The van der Waals surface area contributed by atoms with Crippen molar-refractivity contribution in [2.75, 3.05) is 33.4 Å². The highest BCUT2D eigenvalue weighted by molar-refractivity contribution is 9.13. The molecule has 19 heavy (non-hydrogen) atoms. The molecule has 6 heteroatoms. The predicted molar refractivity (Wildman–Crippen MR) is 84.2 cm³/mol. The van der Waals surface area contributed by atoms with Gasteiger partial charge in [-0.15, -0.1) is 0 Å². The Kier molecular flexibility index (Phi) is 7.61. The first kappa shape index (κ1) is 17.2. The molecule has 1 aromatic rings. The van der Waals surface area contributed by atoms with E-state index in [-0.39, 0.29) is 6.04 Å². The van der Waals surface area contributed by atoms with Crippen LogP contribution >= 0.6 is 31.9 Å². The van der Waals surface area contributed by atoms with Crippen molar-refractivity contribution in [2.45, 2.75) is 19.9 Å². The van der Waals surface area contributed by atoms with Gasteiger partial charge in [0.15, 0.2) is 4.67 Å². The van der Waals surface area contributed by atoms with E-state index in [9.17, 15) is 0 Å². The Bertz CT molecular complexity index is 363. The fourth-order valence-corrected chi connectivity index (χ4v) is 2.63. The summed E-state index contributed by atoms with van der Waals surface area (Å²) in [6, 6.07) is 2.04. The van der Waals surface area contributed by atoms with Gasteiger partial charge in [-0.05, 0) is 43.8 Å². The number of halogens is 2. The van der Waals surface area contributed by atoms with Crippen LogP contribution < -0.4 is 5.73 Å². The van der Waals surface area contributed by atoms with Gasteiger partial charge in [-0.1, -0.05) is 13.8 Å². The molecule has 1 heterocycles. The minimum Gasteiger partial charge on any atom is -0.451 e. The highest BCUT2D eigenvalue weighted by Gasteiger charge is 2.23. The quantitative estimate of drug-likeness (QED) is 0.730. The number of hydrogen-bond acceptors (Lipinski definition) is 4. The van der Waals surface area contributed by atoms with Crippen molar-refractivity contribution in [3.63, 3.8) is 0 Å². The van der Waals surface area contributed by atoms with Crippen molar-refractivity contribution in [1.29, 1.82) is 0 Å². The van der Waals surface area contributed by atoms with Crippen LogP contribution in [0, 0.1) is 5.92 Å². The molecule has 0 aliphatic carbocycles. The number of furan rings is 1. The SMILES string of the molecule is COCCN(CC(C)C)C(CN)c1cc(Br)c(Br)o1. The predicted octanol–water partition coefficient (Wildman–Crippen LogP) is 3.41. The zero-order valence-corrected chi connectivity index (χ0v) is 14.8. The second kappa shape index (κ2) is 8.42. The van der Waals surface area contributed by atoms with Crippen molar-refractivity contribution < 1.29 is 9.15 Å². The number of hydrogen-bond donors (Lipinski definition) is 1. The lowest BCUT2D eigenvalue weighted by Gasteiger charge is -2.30. The van der Waals surface area contributed by atoms with Crippen molar-refractivity contribution in [1.82, 2.24) is 4.90 Å². The molecule has 1 atom stereocenters. The van der Waals surface area contributed by atoms with Crippen LogP contribution in [0.15, 0.2) is 19.6 Å². The summed E-state index contributed by atoms with van der Waals surface area (Å²) in [5.74, 6) is 1.44. The summed E-state index contributed by atoms with van der Waals surface area (Å²) in [6.45, 7) is 7.39. The Hall–Kier alpha value is 0.120. The highest BCUT2D eigenvalue weighted by atomic mass is 79.9. The van der Waals surface area contributed by atoms with Gasteiger partial charge in [0, 0.05) is 26.7 Å². The van der Waals surface area contributed by atoms with Crippen molar-refractivity contribution in [3.8, 4) is 0 Å². The number of methoxy groups -OCH3 is 1. The molecule has 0 fully saturated rings. The fourth-order valence-electron chi connectivity index (χ4n) is 2.02. The molecule has 1 unspecified atom stereocenters. The molecule has 0 amide bonds. The Labute approximate surface area is 131 Å². The molecular formula is C13H22Br2N2O2. The number of nitrogens with zero attached hydrogens (tertiary/aromatic N) is 1. The largest absolute Gasteiger partial charge is 0.451 e. The third-order valence-corrected chi connectivity index (χ3v) is 4.55. The van der Waals surface area contributed by atoms with Gasteiger partial charge in [-0.3, -0.25) is 4.90 Å². The molecular weight excluding hydrogens is 376 g/mol. The maximum absolute atomic E-state index is 5.94. The topological polar surface area (TPSA) is 51.6 Å². The Balaban J connectivity index is 2.87. The summed E-state index contributed by atoms with van der Waals surface area (Å²) in [4.78, 5) is 2.31. The van der Waals surface area contributed by atoms with Gasteiger partial charge in [0.25, 0.3) is 0 Å². The molecule has 0 radical (unpaired) electrons. The summed E-state index contributed by atoms with van der Waals surface area (Å²) < 4.78 is 12.5. The van der Waals surface area contributed by atoms with Crippen LogP contribution in [0.5, 0.6) is 0 Å². The van der Waals surface area contributed by atoms with Crippen LogP contribution in [0.4, 0.5) is 0 Å². The summed E-state index contributed by atoms with van der Waals surface area (Å²) in [6.07, 6.45) is 0. The smallest absolute Gasteiger partial charge is 0.183 e. The molecule has 0 aliphatic rings. The van der Waals surface area contributed by atoms with Crippen molar-refractivity contribution in [2.24, 2.45) is 11.7 Å². The van der Waals surface area contributed by atoms with Gasteiger partial charge in [0.05, 0.1) is 17.1 Å². The highest BCUT2D eigenvalue weighted by Crippen LogP contribution is 2.32. The molecule has 0 aromatic carbocycles. The Morgan fingerprint density at radius 2 is 2.11 bits per heavy atom. The third kappa shape index (κ3) is 5.19. The maximum Gasteiger partial charge on any atom is 0.183 e. The van der Waals surface area contributed by atoms with Crippen LogP contribution in [-0.4, -0.2) is 38.3 Å². The molecule has 0 aliphatic heterocycles. The second-order valence-electron chi connectivity index (χ2n) is 4.90. The third-order valence-electron chi connectivity index (χ3n) is 2.84. The van der Waals surface area contributed by atoms with E-state index in [2.05, 4.69) is 50.6 Å². The summed E-state index contributed by atoms with van der Waals surface area (Å²) in [5.41, 5.74) is 5.94. The van der Waals surface area contributed by atoms with E-state index in [0.29, 0.717) is 23.7 Å². The normalized spacial score (nSPS) is 13.5. The molecule has 4 nitrogen and oxygen atoms in total. The van der Waals surface area contributed by atoms with E-state index < -0.39 is 0 Å². The molecule has 1 aromatic heterocycles. The lowest BCUT2D eigenvalue weighted by atomic mass is 10.1. The van der Waals surface area contributed by atoms with E-state index in [4.69, 9.17) is 14.9 Å². The van der Waals surface area contributed by atoms with Crippen LogP contribution in [0.1, 0.15) is 25.6 Å². The van der Waals surface area contributed by atoms with Gasteiger partial charge >= 0.3 is 0 Å². The molecule has 0 saturated heterocycles. The van der Waals surface area contributed by atoms with Crippen molar-refractivity contribution in [3.05, 3.63) is 21.0 Å². The average molecular weight is 398 g/mol. The zero-order valence-electron chi connectivity index (χ0n) is 11.7. The number of ether oxygens (including phenoxy) is 1. The van der Waals surface area contributed by atoms with E-state index in [1.807, 2.05) is 6.07 Å². The molecule has 0 bridgehead atoms. The van der Waals surface area contributed by atoms with E-state index in [1.54, 1.807) is 7.11 Å². The molecule has 110 valence electrons. The first-order valence-electron chi connectivity index (χ1n) is 6.37. The standard InChI is InChI=1S/C13H22Br2N2O2/c1-9(2)8-17(4-5-18-3)11(7-16)12-6-10(14)13(15)19-12/h6,9,11H,4-5,7-8,16H2,1-3H3. The van der Waals surface area contributed by atoms with E-state index >= 15 is 0 Å². The fraction of sp³-hybridized carbons (Fsp3) is 0.692. The minimum absolute atomic E-state index is 0.0696. The molecule has 0 saturated carbocycles. The zero-order chi connectivity index (χ0) is 14.4. The monoisotopic (exact) mass is 396 g/mol. The first-order chi connectivity index (χ1) is 8.99. The Morgan fingerprint density at radius 1 is 1.42 bits per heavy atom. The minimum atomic E-state index is 0.0696. The van der Waals surface area contributed by atoms with Crippen LogP contribution in [0.2, 0.25) is 0 Å². The summed E-state index contributed by atoms with van der Waals surface area (Å²) in [7, 11) is 1.71. The van der Waals surface area contributed by atoms with Gasteiger partial charge in [-0.2, -0.15) is 0 Å². The first-order valence-corrected chi connectivity index (χ1v) is 7.96. The van der Waals surface area contributed by atoms with Crippen molar-refractivity contribution >= 4 is 31.9 Å². The van der Waals surface area contributed by atoms with Crippen LogP contribution in [0.25, 0.3) is 0 Å². The van der Waals surface area contributed by atoms with Gasteiger partial charge in [-0.25, -0.2) is 0 Å². The summed E-state index contributed by atoms with van der Waals surface area (Å²) >= 11 is 6.81. The molecule has 2 N–H and O–H groups in total. The van der Waals surface area contributed by atoms with Gasteiger partial charge in [0.1, 0.15) is 5.76 Å². The van der Waals surface area contributed by atoms with Crippen LogP contribution in [-0.2, 0) is 4.74 Å². The van der Waals surface area contributed by atoms with Gasteiger partial charge < -0.3 is 14.9 Å². The van der Waals surface area contributed by atoms with E-state index in [0.717, 1.165) is 23.3 Å². The van der Waals surface area contributed by atoms with E-state index in [1.165, 1.54) is 0 Å². The maximum atomic E-state index is 5.94. The Morgan fingerprint density at radius 3 is 2.53 bits per heavy atom. The van der Waals surface area contributed by atoms with Gasteiger partial charge in [0.2, 0.25) is 0 Å². The number of rotatable bonds is 8. The average Bonchev–Trinajstić information content (AvgIpc) is 2.66. The molecule has 0 spiro atoms. The van der Waals surface area contributed by atoms with Crippen LogP contribution in [0.3, 0.4) is 0 Å².